The van der Waals surface area contributed by atoms with E-state index in [2.05, 4.69) is 16.4 Å². The molecule has 0 spiro atoms. The van der Waals surface area contributed by atoms with Crippen LogP contribution in [0.4, 0.5) is 0 Å². The molecule has 1 aromatic carbocycles. The van der Waals surface area contributed by atoms with Crippen molar-refractivity contribution in [3.63, 3.8) is 0 Å². The van der Waals surface area contributed by atoms with Crippen molar-refractivity contribution in [2.24, 2.45) is 0 Å². The molecule has 2 aromatic rings. The van der Waals surface area contributed by atoms with Crippen molar-refractivity contribution in [3.8, 4) is 0 Å². The lowest BCUT2D eigenvalue weighted by molar-refractivity contribution is -0.148. The number of aromatic amines is 1. The first-order valence-electron chi connectivity index (χ1n) is 7.65. The Morgan fingerprint density at radius 2 is 1.91 bits per heavy atom. The molecule has 0 unspecified atom stereocenters. The van der Waals surface area contributed by atoms with Crippen LogP contribution in [0.25, 0.3) is 10.9 Å². The maximum Gasteiger partial charge on any atom is 0.329 e. The summed E-state index contributed by atoms with van der Waals surface area (Å²) in [5, 5.41) is 13.2. The average Bonchev–Trinajstić information content (AvgIpc) is 2.92. The van der Waals surface area contributed by atoms with E-state index < -0.39 is 17.4 Å². The van der Waals surface area contributed by atoms with Gasteiger partial charge in [0.05, 0.1) is 0 Å². The van der Waals surface area contributed by atoms with Crippen molar-refractivity contribution in [2.45, 2.75) is 32.2 Å². The van der Waals surface area contributed by atoms with Crippen LogP contribution in [-0.2, 0) is 9.53 Å². The van der Waals surface area contributed by atoms with Gasteiger partial charge in [-0.3, -0.25) is 4.79 Å². The molecule has 0 aliphatic carbocycles. The molecule has 0 saturated carbocycles. The highest BCUT2D eigenvalue weighted by Crippen LogP contribution is 2.24. The lowest BCUT2D eigenvalue weighted by atomic mass is 9.90. The van der Waals surface area contributed by atoms with Crippen molar-refractivity contribution in [1.82, 2.24) is 10.3 Å². The summed E-state index contributed by atoms with van der Waals surface area (Å²) in [6.45, 7) is 4.64. The zero-order chi connectivity index (χ0) is 16.6. The third-order valence-electron chi connectivity index (χ3n) is 4.44. The zero-order valence-corrected chi connectivity index (χ0v) is 13.2. The molecule has 0 bridgehead atoms. The molecule has 6 heteroatoms. The number of nitrogens with one attached hydrogen (secondary N) is 2. The molecule has 0 radical (unpaired) electrons. The first kappa shape index (κ1) is 15.6. The highest BCUT2D eigenvalue weighted by Gasteiger charge is 2.42. The predicted molar refractivity (Wildman–Crippen MR) is 85.7 cm³/mol. The summed E-state index contributed by atoms with van der Waals surface area (Å²) >= 11 is 0. The monoisotopic (exact) mass is 316 g/mol. The van der Waals surface area contributed by atoms with Crippen LogP contribution in [0.3, 0.4) is 0 Å². The molecule has 1 fully saturated rings. The Morgan fingerprint density at radius 1 is 1.22 bits per heavy atom. The number of rotatable bonds is 3. The Morgan fingerprint density at radius 3 is 2.57 bits per heavy atom. The number of aliphatic carboxylic acids is 1. The van der Waals surface area contributed by atoms with Gasteiger partial charge in [0, 0.05) is 37.0 Å². The van der Waals surface area contributed by atoms with Crippen LogP contribution >= 0.6 is 0 Å². The van der Waals surface area contributed by atoms with Crippen LogP contribution in [0.1, 0.15) is 34.5 Å². The van der Waals surface area contributed by atoms with Crippen LogP contribution in [-0.4, -0.2) is 40.7 Å². The van der Waals surface area contributed by atoms with E-state index in [9.17, 15) is 14.7 Å². The second-order valence-corrected chi connectivity index (χ2v) is 6.18. The molecule has 1 amide bonds. The maximum atomic E-state index is 12.5. The predicted octanol–water partition coefficient (Wildman–Crippen LogP) is 2.15. The summed E-state index contributed by atoms with van der Waals surface area (Å²) in [4.78, 5) is 27.3. The number of aryl methyl sites for hydroxylation is 2. The third kappa shape index (κ3) is 2.82. The molecule has 3 rings (SSSR count). The molecule has 0 atom stereocenters. The summed E-state index contributed by atoms with van der Waals surface area (Å²) in [6.07, 6.45) is 0.541. The van der Waals surface area contributed by atoms with Gasteiger partial charge in [-0.25, -0.2) is 4.79 Å². The Hall–Kier alpha value is -2.34. The number of fused-ring (bicyclic) bond motifs is 1. The van der Waals surface area contributed by atoms with Crippen LogP contribution < -0.4 is 5.32 Å². The minimum atomic E-state index is -1.25. The number of H-pyrrole nitrogens is 1. The van der Waals surface area contributed by atoms with E-state index in [1.165, 1.54) is 0 Å². The van der Waals surface area contributed by atoms with Crippen molar-refractivity contribution < 1.29 is 19.4 Å². The number of carbonyl (C=O) groups excluding carboxylic acids is 1. The molecule has 1 aliphatic heterocycles. The van der Waals surface area contributed by atoms with E-state index in [4.69, 9.17) is 4.74 Å². The Balaban J connectivity index is 1.91. The second-order valence-electron chi connectivity index (χ2n) is 6.18. The van der Waals surface area contributed by atoms with E-state index >= 15 is 0 Å². The summed E-state index contributed by atoms with van der Waals surface area (Å²) in [7, 11) is 0. The van der Waals surface area contributed by atoms with E-state index in [-0.39, 0.29) is 12.8 Å². The molecule has 1 aliphatic rings. The van der Waals surface area contributed by atoms with E-state index in [0.717, 1.165) is 22.0 Å². The third-order valence-corrected chi connectivity index (χ3v) is 4.44. The molecule has 1 aromatic heterocycles. The van der Waals surface area contributed by atoms with Gasteiger partial charge in [0.2, 0.25) is 0 Å². The average molecular weight is 316 g/mol. The number of carboxylic acids is 1. The van der Waals surface area contributed by atoms with Gasteiger partial charge in [0.25, 0.3) is 5.91 Å². The van der Waals surface area contributed by atoms with E-state index in [1.807, 2.05) is 19.9 Å². The fourth-order valence-electron chi connectivity index (χ4n) is 3.12. The largest absolute Gasteiger partial charge is 0.480 e. The van der Waals surface area contributed by atoms with Crippen LogP contribution in [0.5, 0.6) is 0 Å². The second kappa shape index (κ2) is 5.70. The number of hydrogen-bond donors (Lipinski definition) is 3. The lowest BCUT2D eigenvalue weighted by Gasteiger charge is -2.33. The highest BCUT2D eigenvalue weighted by molar-refractivity contribution is 6.01. The summed E-state index contributed by atoms with van der Waals surface area (Å²) in [5.74, 6) is -1.42. The smallest absolute Gasteiger partial charge is 0.329 e. The molecule has 1 saturated heterocycles. The van der Waals surface area contributed by atoms with E-state index in [0.29, 0.717) is 18.9 Å². The van der Waals surface area contributed by atoms with Gasteiger partial charge >= 0.3 is 5.97 Å². The lowest BCUT2D eigenvalue weighted by Crippen LogP contribution is -2.57. The van der Waals surface area contributed by atoms with Crippen LogP contribution in [0.15, 0.2) is 18.2 Å². The number of aromatic nitrogens is 1. The summed E-state index contributed by atoms with van der Waals surface area (Å²) in [5.41, 5.74) is 2.19. The maximum absolute atomic E-state index is 12.5. The van der Waals surface area contributed by atoms with Crippen molar-refractivity contribution in [1.29, 1.82) is 0 Å². The number of benzene rings is 1. The van der Waals surface area contributed by atoms with Crippen LogP contribution in [0.2, 0.25) is 0 Å². The first-order valence-corrected chi connectivity index (χ1v) is 7.65. The van der Waals surface area contributed by atoms with Gasteiger partial charge < -0.3 is 20.1 Å². The van der Waals surface area contributed by atoms with Crippen molar-refractivity contribution in [2.75, 3.05) is 13.2 Å². The molecular weight excluding hydrogens is 296 g/mol. The Bertz CT molecular complexity index is 772. The minimum absolute atomic E-state index is 0.270. The molecule has 23 heavy (non-hydrogen) atoms. The van der Waals surface area contributed by atoms with Gasteiger partial charge in [0.15, 0.2) is 0 Å². The normalized spacial score (nSPS) is 17.1. The first-order chi connectivity index (χ1) is 10.9. The van der Waals surface area contributed by atoms with Crippen molar-refractivity contribution in [3.05, 3.63) is 35.0 Å². The zero-order valence-electron chi connectivity index (χ0n) is 13.2. The number of carbonyl (C=O) groups is 2. The van der Waals surface area contributed by atoms with Crippen LogP contribution in [0, 0.1) is 13.8 Å². The van der Waals surface area contributed by atoms with Crippen molar-refractivity contribution >= 4 is 22.8 Å². The fraction of sp³-hybridized carbons (Fsp3) is 0.412. The minimum Gasteiger partial charge on any atom is -0.480 e. The Kier molecular flexibility index (Phi) is 3.85. The summed E-state index contributed by atoms with van der Waals surface area (Å²) in [6, 6.07) is 5.80. The number of carboxylic acid groups (broad SMARTS) is 1. The number of amides is 1. The molecule has 6 nitrogen and oxygen atoms in total. The quantitative estimate of drug-likeness (QED) is 0.809. The van der Waals surface area contributed by atoms with Gasteiger partial charge in [0.1, 0.15) is 11.2 Å². The topological polar surface area (TPSA) is 91.4 Å². The molecule has 122 valence electrons. The number of ether oxygens (including phenoxy) is 1. The van der Waals surface area contributed by atoms with Gasteiger partial charge in [-0.05, 0) is 37.1 Å². The molecule has 3 N–H and O–H groups in total. The Labute approximate surface area is 133 Å². The van der Waals surface area contributed by atoms with Gasteiger partial charge in [-0.1, -0.05) is 6.07 Å². The fourth-order valence-corrected chi connectivity index (χ4v) is 3.12. The standard InChI is InChI=1S/C17H20N2O4/c1-10-7-11(2)12-9-14(18-13(12)8-10)15(20)19-17(16(21)22)3-5-23-6-4-17/h7-9,18H,3-6H2,1-2H3,(H,19,20)(H,21,22). The van der Waals surface area contributed by atoms with Gasteiger partial charge in [-0.15, -0.1) is 0 Å². The van der Waals surface area contributed by atoms with E-state index in [1.54, 1.807) is 6.07 Å². The highest BCUT2D eigenvalue weighted by atomic mass is 16.5. The summed E-state index contributed by atoms with van der Waals surface area (Å²) < 4.78 is 5.22. The number of hydrogen-bond acceptors (Lipinski definition) is 3. The molecule has 2 heterocycles. The van der Waals surface area contributed by atoms with Gasteiger partial charge in [-0.2, -0.15) is 0 Å². The SMILES string of the molecule is Cc1cc(C)c2cc(C(=O)NC3(C(=O)O)CCOCC3)[nH]c2c1. The molecular formula is C17H20N2O4.